The van der Waals surface area contributed by atoms with Crippen LogP contribution in [0.2, 0.25) is 0 Å². The van der Waals surface area contributed by atoms with Crippen LogP contribution in [0.15, 0.2) is 60.7 Å². The van der Waals surface area contributed by atoms with Crippen molar-refractivity contribution in [3.8, 4) is 5.75 Å². The van der Waals surface area contributed by atoms with E-state index < -0.39 is 0 Å². The highest BCUT2D eigenvalue weighted by molar-refractivity contribution is 7.99. The van der Waals surface area contributed by atoms with Crippen molar-refractivity contribution in [3.63, 3.8) is 0 Å². The van der Waals surface area contributed by atoms with E-state index in [0.29, 0.717) is 18.9 Å². The van der Waals surface area contributed by atoms with Crippen molar-refractivity contribution in [2.75, 3.05) is 18.9 Å². The van der Waals surface area contributed by atoms with Crippen LogP contribution in [0.5, 0.6) is 5.75 Å². The van der Waals surface area contributed by atoms with Gasteiger partial charge in [-0.05, 0) is 53.4 Å². The van der Waals surface area contributed by atoms with Crippen molar-refractivity contribution in [3.05, 3.63) is 77.4 Å². The highest BCUT2D eigenvalue weighted by Crippen LogP contribution is 2.22. The van der Waals surface area contributed by atoms with Gasteiger partial charge in [0.15, 0.2) is 0 Å². The molecular weight excluding hydrogens is 354 g/mol. The molecule has 1 amide bonds. The summed E-state index contributed by atoms with van der Waals surface area (Å²) in [7, 11) is 0. The Bertz CT molecular complexity index is 918. The Morgan fingerprint density at radius 3 is 2.67 bits per heavy atom. The van der Waals surface area contributed by atoms with Gasteiger partial charge in [-0.15, -0.1) is 11.8 Å². The molecule has 3 rings (SSSR count). The number of ether oxygens (including phenoxy) is 1. The molecule has 3 nitrogen and oxygen atoms in total. The Morgan fingerprint density at radius 2 is 1.81 bits per heavy atom. The van der Waals surface area contributed by atoms with Gasteiger partial charge in [0, 0.05) is 5.75 Å². The van der Waals surface area contributed by atoms with Gasteiger partial charge in [-0.3, -0.25) is 4.79 Å². The van der Waals surface area contributed by atoms with E-state index in [9.17, 15) is 4.79 Å². The molecular formula is C23H25NO2S. The van der Waals surface area contributed by atoms with Gasteiger partial charge >= 0.3 is 0 Å². The summed E-state index contributed by atoms with van der Waals surface area (Å²) < 4.78 is 5.69. The third kappa shape index (κ3) is 5.51. The number of hydrogen-bond donors (Lipinski definition) is 1. The summed E-state index contributed by atoms with van der Waals surface area (Å²) in [5, 5.41) is 5.42. The number of carbonyl (C=O) groups excluding carboxylic acids is 1. The van der Waals surface area contributed by atoms with Gasteiger partial charge in [-0.2, -0.15) is 0 Å². The molecule has 0 aliphatic heterocycles. The van der Waals surface area contributed by atoms with E-state index in [1.807, 2.05) is 24.3 Å². The molecule has 0 heterocycles. The molecule has 27 heavy (non-hydrogen) atoms. The molecule has 0 aromatic heterocycles. The minimum atomic E-state index is 0.0453. The number of aryl methyl sites for hydroxylation is 2. The molecule has 0 bridgehead atoms. The molecule has 4 heteroatoms. The molecule has 0 aliphatic rings. The van der Waals surface area contributed by atoms with E-state index in [-0.39, 0.29) is 5.91 Å². The lowest BCUT2D eigenvalue weighted by atomic mass is 10.1. The maximum Gasteiger partial charge on any atom is 0.230 e. The molecule has 0 aliphatic carbocycles. The van der Waals surface area contributed by atoms with Crippen molar-refractivity contribution in [1.82, 2.24) is 5.32 Å². The lowest BCUT2D eigenvalue weighted by Crippen LogP contribution is -2.29. The Morgan fingerprint density at radius 1 is 1.00 bits per heavy atom. The lowest BCUT2D eigenvalue weighted by molar-refractivity contribution is -0.118. The average molecular weight is 380 g/mol. The summed E-state index contributed by atoms with van der Waals surface area (Å²) in [6.07, 6.45) is 0. The molecule has 3 aromatic rings. The van der Waals surface area contributed by atoms with Crippen molar-refractivity contribution in [1.29, 1.82) is 0 Å². The second kappa shape index (κ2) is 9.47. The summed E-state index contributed by atoms with van der Waals surface area (Å²) in [6.45, 7) is 5.13. The fourth-order valence-corrected chi connectivity index (χ4v) is 3.75. The van der Waals surface area contributed by atoms with E-state index in [0.717, 1.165) is 11.5 Å². The summed E-state index contributed by atoms with van der Waals surface area (Å²) in [6, 6.07) is 20.7. The van der Waals surface area contributed by atoms with Crippen molar-refractivity contribution >= 4 is 28.4 Å². The van der Waals surface area contributed by atoms with Crippen LogP contribution in [0, 0.1) is 13.8 Å². The van der Waals surface area contributed by atoms with Crippen LogP contribution in [0.1, 0.15) is 16.7 Å². The van der Waals surface area contributed by atoms with E-state index >= 15 is 0 Å². The van der Waals surface area contributed by atoms with Crippen molar-refractivity contribution in [2.45, 2.75) is 19.6 Å². The molecule has 0 unspecified atom stereocenters. The Labute approximate surface area is 165 Å². The van der Waals surface area contributed by atoms with E-state index in [4.69, 9.17) is 4.74 Å². The SMILES string of the molecule is Cc1ccc(OCCNC(=O)CSCc2cccc3ccccc23)cc1C. The highest BCUT2D eigenvalue weighted by atomic mass is 32.2. The zero-order chi connectivity index (χ0) is 19.1. The molecule has 0 atom stereocenters. The first-order valence-corrected chi connectivity index (χ1v) is 10.3. The molecule has 0 fully saturated rings. The fourth-order valence-electron chi connectivity index (χ4n) is 2.89. The van der Waals surface area contributed by atoms with Crippen LogP contribution in [0.4, 0.5) is 0 Å². The minimum Gasteiger partial charge on any atom is -0.492 e. The third-order valence-corrected chi connectivity index (χ3v) is 5.52. The lowest BCUT2D eigenvalue weighted by Gasteiger charge is -2.10. The first-order valence-electron chi connectivity index (χ1n) is 9.14. The summed E-state index contributed by atoms with van der Waals surface area (Å²) in [4.78, 5) is 12.0. The van der Waals surface area contributed by atoms with Gasteiger partial charge in [-0.1, -0.05) is 48.5 Å². The van der Waals surface area contributed by atoms with Gasteiger partial charge in [-0.25, -0.2) is 0 Å². The normalized spacial score (nSPS) is 10.7. The summed E-state index contributed by atoms with van der Waals surface area (Å²) >= 11 is 1.63. The minimum absolute atomic E-state index is 0.0453. The van der Waals surface area contributed by atoms with Crippen LogP contribution in [-0.4, -0.2) is 24.8 Å². The van der Waals surface area contributed by atoms with Crippen LogP contribution < -0.4 is 10.1 Å². The van der Waals surface area contributed by atoms with Gasteiger partial charge < -0.3 is 10.1 Å². The van der Waals surface area contributed by atoms with Gasteiger partial charge in [0.1, 0.15) is 12.4 Å². The smallest absolute Gasteiger partial charge is 0.230 e. The van der Waals surface area contributed by atoms with Crippen LogP contribution in [-0.2, 0) is 10.5 Å². The van der Waals surface area contributed by atoms with Gasteiger partial charge in [0.2, 0.25) is 5.91 Å². The number of fused-ring (bicyclic) bond motifs is 1. The maximum atomic E-state index is 12.0. The molecule has 0 saturated carbocycles. The molecule has 0 saturated heterocycles. The largest absolute Gasteiger partial charge is 0.492 e. The fraction of sp³-hybridized carbons (Fsp3) is 0.261. The molecule has 3 aromatic carbocycles. The predicted octanol–water partition coefficient (Wildman–Crippen LogP) is 4.89. The summed E-state index contributed by atoms with van der Waals surface area (Å²) in [5.41, 5.74) is 3.73. The second-order valence-corrected chi connectivity index (χ2v) is 7.56. The quantitative estimate of drug-likeness (QED) is 0.567. The zero-order valence-corrected chi connectivity index (χ0v) is 16.6. The number of rotatable bonds is 8. The molecule has 1 N–H and O–H groups in total. The number of amides is 1. The average Bonchev–Trinajstić information content (AvgIpc) is 2.68. The standard InChI is InChI=1S/C23H25NO2S/c1-17-10-11-21(14-18(17)2)26-13-12-24-23(25)16-27-15-20-8-5-7-19-6-3-4-9-22(19)20/h3-11,14H,12-13,15-16H2,1-2H3,(H,24,25). The van der Waals surface area contributed by atoms with Crippen molar-refractivity contribution in [2.24, 2.45) is 0 Å². The Hall–Kier alpha value is -2.46. The maximum absolute atomic E-state index is 12.0. The monoisotopic (exact) mass is 379 g/mol. The third-order valence-electron chi connectivity index (χ3n) is 4.54. The Kier molecular flexibility index (Phi) is 6.77. The van der Waals surface area contributed by atoms with E-state index in [1.54, 1.807) is 11.8 Å². The van der Waals surface area contributed by atoms with E-state index in [2.05, 4.69) is 55.6 Å². The van der Waals surface area contributed by atoms with Gasteiger partial charge in [0.25, 0.3) is 0 Å². The molecule has 0 spiro atoms. The highest BCUT2D eigenvalue weighted by Gasteiger charge is 2.04. The first kappa shape index (κ1) is 19.3. The number of thioether (sulfide) groups is 1. The number of hydrogen-bond acceptors (Lipinski definition) is 3. The summed E-state index contributed by atoms with van der Waals surface area (Å²) in [5.74, 6) is 2.17. The second-order valence-electron chi connectivity index (χ2n) is 6.58. The van der Waals surface area contributed by atoms with E-state index in [1.165, 1.54) is 27.5 Å². The number of carbonyl (C=O) groups is 1. The predicted molar refractivity (Wildman–Crippen MR) is 115 cm³/mol. The first-order chi connectivity index (χ1) is 13.1. The van der Waals surface area contributed by atoms with Crippen LogP contribution >= 0.6 is 11.8 Å². The van der Waals surface area contributed by atoms with Crippen molar-refractivity contribution < 1.29 is 9.53 Å². The van der Waals surface area contributed by atoms with Gasteiger partial charge in [0.05, 0.1) is 12.3 Å². The zero-order valence-electron chi connectivity index (χ0n) is 15.8. The molecule has 0 radical (unpaired) electrons. The number of nitrogens with one attached hydrogen (secondary N) is 1. The topological polar surface area (TPSA) is 38.3 Å². The van der Waals surface area contributed by atoms with Crippen LogP contribution in [0.25, 0.3) is 10.8 Å². The Balaban J connectivity index is 1.38. The number of benzene rings is 3. The molecule has 140 valence electrons. The van der Waals surface area contributed by atoms with Crippen LogP contribution in [0.3, 0.4) is 0 Å².